The van der Waals surface area contributed by atoms with Crippen molar-refractivity contribution in [1.82, 2.24) is 14.5 Å². The van der Waals surface area contributed by atoms with Gasteiger partial charge in [-0.25, -0.2) is 13.2 Å². The Bertz CT molecular complexity index is 653. The molecule has 1 aromatic rings. The van der Waals surface area contributed by atoms with Gasteiger partial charge in [0, 0.05) is 26.2 Å². The number of aryl methyl sites for hydroxylation is 1. The van der Waals surface area contributed by atoms with Gasteiger partial charge in [0.05, 0.1) is 11.8 Å². The Morgan fingerprint density at radius 2 is 2.10 bits per heavy atom. The summed E-state index contributed by atoms with van der Waals surface area (Å²) >= 11 is 0. The van der Waals surface area contributed by atoms with Crippen LogP contribution in [0.5, 0.6) is 0 Å². The Morgan fingerprint density at radius 3 is 2.71 bits per heavy atom. The third-order valence-electron chi connectivity index (χ3n) is 3.98. The summed E-state index contributed by atoms with van der Waals surface area (Å²) in [6.45, 7) is 4.06. The molecule has 2 heterocycles. The average Bonchev–Trinajstić information content (AvgIpc) is 2.73. The predicted molar refractivity (Wildman–Crippen MR) is 79.3 cm³/mol. The fraction of sp³-hybridized carbons (Fsp3) is 0.500. The second kappa shape index (κ2) is 5.31. The largest absolute Gasteiger partial charge is 0.336 e. The number of carbonyl (C=O) groups is 1. The third-order valence-corrected chi connectivity index (χ3v) is 5.77. The van der Waals surface area contributed by atoms with Gasteiger partial charge in [-0.2, -0.15) is 4.31 Å². The summed E-state index contributed by atoms with van der Waals surface area (Å²) in [6, 6.07) is 7.46. The maximum atomic E-state index is 12.3. The molecule has 3 rings (SSSR count). The predicted octanol–water partition coefficient (Wildman–Crippen LogP) is 0.534. The van der Waals surface area contributed by atoms with Crippen LogP contribution in [0.3, 0.4) is 0 Å². The molecule has 0 spiro atoms. The van der Waals surface area contributed by atoms with Crippen molar-refractivity contribution >= 4 is 16.1 Å². The van der Waals surface area contributed by atoms with Crippen LogP contribution in [-0.4, -0.2) is 55.9 Å². The molecule has 0 aliphatic carbocycles. The highest BCUT2D eigenvalue weighted by atomic mass is 32.2. The SMILES string of the molecule is Cc1cccc(CS(=O)(=O)N2CC(N3CCNC3=O)C2)c1. The quantitative estimate of drug-likeness (QED) is 0.882. The summed E-state index contributed by atoms with van der Waals surface area (Å²) in [5.74, 6) is 0.0214. The van der Waals surface area contributed by atoms with Crippen LogP contribution in [-0.2, 0) is 15.8 Å². The molecule has 0 aromatic heterocycles. The number of benzene rings is 1. The van der Waals surface area contributed by atoms with Gasteiger partial charge in [0.2, 0.25) is 10.0 Å². The van der Waals surface area contributed by atoms with Crippen LogP contribution >= 0.6 is 0 Å². The molecule has 114 valence electrons. The lowest BCUT2D eigenvalue weighted by atomic mass is 10.1. The van der Waals surface area contributed by atoms with E-state index in [-0.39, 0.29) is 17.8 Å². The minimum Gasteiger partial charge on any atom is -0.336 e. The summed E-state index contributed by atoms with van der Waals surface area (Å²) < 4.78 is 26.1. The number of rotatable bonds is 4. The maximum absolute atomic E-state index is 12.3. The second-order valence-corrected chi connectivity index (χ2v) is 7.61. The van der Waals surface area contributed by atoms with Gasteiger partial charge >= 0.3 is 6.03 Å². The fourth-order valence-corrected chi connectivity index (χ4v) is 4.36. The molecule has 2 fully saturated rings. The molecule has 0 bridgehead atoms. The van der Waals surface area contributed by atoms with Crippen molar-refractivity contribution in [3.8, 4) is 0 Å². The van der Waals surface area contributed by atoms with E-state index in [1.54, 1.807) is 4.90 Å². The lowest BCUT2D eigenvalue weighted by molar-refractivity contribution is 0.124. The van der Waals surface area contributed by atoms with E-state index in [0.29, 0.717) is 26.2 Å². The molecule has 1 N–H and O–H groups in total. The zero-order valence-electron chi connectivity index (χ0n) is 11.9. The maximum Gasteiger partial charge on any atom is 0.317 e. The van der Waals surface area contributed by atoms with E-state index < -0.39 is 10.0 Å². The van der Waals surface area contributed by atoms with E-state index in [1.165, 1.54) is 4.31 Å². The van der Waals surface area contributed by atoms with Crippen LogP contribution in [0.25, 0.3) is 0 Å². The number of sulfonamides is 1. The first-order valence-electron chi connectivity index (χ1n) is 7.03. The first-order chi connectivity index (χ1) is 9.95. The van der Waals surface area contributed by atoms with Gasteiger partial charge < -0.3 is 10.2 Å². The number of amides is 2. The molecule has 6 nitrogen and oxygen atoms in total. The first-order valence-corrected chi connectivity index (χ1v) is 8.64. The summed E-state index contributed by atoms with van der Waals surface area (Å²) in [5, 5.41) is 2.74. The van der Waals surface area contributed by atoms with Gasteiger partial charge in [-0.15, -0.1) is 0 Å². The number of carbonyl (C=O) groups excluding carboxylic acids is 1. The van der Waals surface area contributed by atoms with Crippen molar-refractivity contribution in [2.45, 2.75) is 18.7 Å². The number of nitrogens with zero attached hydrogens (tertiary/aromatic N) is 2. The normalized spacial score (nSPS) is 20.4. The molecule has 2 amide bonds. The van der Waals surface area contributed by atoms with Crippen molar-refractivity contribution < 1.29 is 13.2 Å². The molecule has 2 aliphatic rings. The van der Waals surface area contributed by atoms with E-state index >= 15 is 0 Å². The van der Waals surface area contributed by atoms with E-state index in [1.807, 2.05) is 31.2 Å². The number of hydrogen-bond donors (Lipinski definition) is 1. The molecule has 2 saturated heterocycles. The number of hydrogen-bond acceptors (Lipinski definition) is 3. The molecule has 0 radical (unpaired) electrons. The van der Waals surface area contributed by atoms with Crippen molar-refractivity contribution in [1.29, 1.82) is 0 Å². The van der Waals surface area contributed by atoms with Crippen LogP contribution < -0.4 is 5.32 Å². The van der Waals surface area contributed by atoms with E-state index in [2.05, 4.69) is 5.32 Å². The van der Waals surface area contributed by atoms with E-state index in [0.717, 1.165) is 11.1 Å². The van der Waals surface area contributed by atoms with Gasteiger partial charge in [0.25, 0.3) is 0 Å². The Hall–Kier alpha value is -1.60. The molecular formula is C14H19N3O3S. The topological polar surface area (TPSA) is 69.7 Å². The third kappa shape index (κ3) is 2.89. The molecule has 0 unspecified atom stereocenters. The van der Waals surface area contributed by atoms with E-state index in [4.69, 9.17) is 0 Å². The molecule has 2 aliphatic heterocycles. The Morgan fingerprint density at radius 1 is 1.33 bits per heavy atom. The highest BCUT2D eigenvalue weighted by Gasteiger charge is 2.41. The van der Waals surface area contributed by atoms with Crippen LogP contribution in [0.15, 0.2) is 24.3 Å². The van der Waals surface area contributed by atoms with E-state index in [9.17, 15) is 13.2 Å². The number of nitrogens with one attached hydrogen (secondary N) is 1. The molecular weight excluding hydrogens is 290 g/mol. The molecule has 7 heteroatoms. The summed E-state index contributed by atoms with van der Waals surface area (Å²) in [7, 11) is -3.30. The van der Waals surface area contributed by atoms with Crippen LogP contribution in [0.4, 0.5) is 4.79 Å². The molecule has 0 atom stereocenters. The highest BCUT2D eigenvalue weighted by molar-refractivity contribution is 7.88. The second-order valence-electron chi connectivity index (χ2n) is 5.64. The minimum atomic E-state index is -3.30. The van der Waals surface area contributed by atoms with Crippen molar-refractivity contribution in [3.63, 3.8) is 0 Å². The van der Waals surface area contributed by atoms with Gasteiger partial charge in [-0.05, 0) is 12.5 Å². The number of urea groups is 1. The van der Waals surface area contributed by atoms with Gasteiger partial charge in [0.1, 0.15) is 0 Å². The van der Waals surface area contributed by atoms with Crippen molar-refractivity contribution in [2.24, 2.45) is 0 Å². The fourth-order valence-electron chi connectivity index (χ4n) is 2.78. The standard InChI is InChI=1S/C14H19N3O3S/c1-11-3-2-4-12(7-11)10-21(19,20)16-8-13(9-16)17-6-5-15-14(17)18/h2-4,7,13H,5-6,8-10H2,1H3,(H,15,18). The monoisotopic (exact) mass is 309 g/mol. The highest BCUT2D eigenvalue weighted by Crippen LogP contribution is 2.22. The van der Waals surface area contributed by atoms with Crippen molar-refractivity contribution in [3.05, 3.63) is 35.4 Å². The zero-order chi connectivity index (χ0) is 15.0. The van der Waals surface area contributed by atoms with Crippen LogP contribution in [0.1, 0.15) is 11.1 Å². The molecule has 0 saturated carbocycles. The van der Waals surface area contributed by atoms with Gasteiger partial charge in [-0.1, -0.05) is 29.8 Å². The summed E-state index contributed by atoms with van der Waals surface area (Å²) in [4.78, 5) is 13.3. The Balaban J connectivity index is 1.61. The van der Waals surface area contributed by atoms with Gasteiger partial charge in [-0.3, -0.25) is 0 Å². The van der Waals surface area contributed by atoms with Crippen LogP contribution in [0.2, 0.25) is 0 Å². The smallest absolute Gasteiger partial charge is 0.317 e. The van der Waals surface area contributed by atoms with Gasteiger partial charge in [0.15, 0.2) is 0 Å². The molecule has 1 aromatic carbocycles. The van der Waals surface area contributed by atoms with Crippen LogP contribution in [0, 0.1) is 6.92 Å². The average molecular weight is 309 g/mol. The minimum absolute atomic E-state index is 0.0137. The summed E-state index contributed by atoms with van der Waals surface area (Å²) in [5.41, 5.74) is 1.86. The Kier molecular flexibility index (Phi) is 3.62. The zero-order valence-corrected chi connectivity index (χ0v) is 12.8. The lowest BCUT2D eigenvalue weighted by Crippen LogP contribution is -2.61. The van der Waals surface area contributed by atoms with Crippen molar-refractivity contribution in [2.75, 3.05) is 26.2 Å². The summed E-state index contributed by atoms with van der Waals surface area (Å²) in [6.07, 6.45) is 0. The molecule has 21 heavy (non-hydrogen) atoms. The lowest BCUT2D eigenvalue weighted by Gasteiger charge is -2.42. The Labute approximate surface area is 124 Å². The first kappa shape index (κ1) is 14.3.